The molecule has 2 aromatic carbocycles. The highest BCUT2D eigenvalue weighted by Gasteiger charge is 2.34. The highest BCUT2D eigenvalue weighted by molar-refractivity contribution is 6.31. The van der Waals surface area contributed by atoms with Crippen LogP contribution in [-0.2, 0) is 9.59 Å². The van der Waals surface area contributed by atoms with Crippen LogP contribution in [0, 0.1) is 0 Å². The number of amides is 2. The molecule has 0 atom stereocenters. The summed E-state index contributed by atoms with van der Waals surface area (Å²) in [6.45, 7) is 0. The van der Waals surface area contributed by atoms with Crippen LogP contribution in [0.25, 0.3) is 17.4 Å². The molecule has 0 unspecified atom stereocenters. The lowest BCUT2D eigenvalue weighted by Crippen LogP contribution is -2.35. The number of hydrogen-bond donors (Lipinski definition) is 1. The first-order valence-corrected chi connectivity index (χ1v) is 8.68. The van der Waals surface area contributed by atoms with E-state index in [2.05, 4.69) is 10.2 Å². The molecule has 1 aromatic heterocycles. The molecule has 0 bridgehead atoms. The average Bonchev–Trinajstić information content (AvgIpc) is 3.28. The normalized spacial score (nSPS) is 15.6. The zero-order valence-electron chi connectivity index (χ0n) is 15.1. The molecule has 0 saturated carbocycles. The van der Waals surface area contributed by atoms with Crippen LogP contribution in [0.15, 0.2) is 76.7 Å². The number of halogens is 3. The molecule has 152 valence electrons. The Morgan fingerprint density at radius 3 is 2.30 bits per heavy atom. The van der Waals surface area contributed by atoms with E-state index in [1.165, 1.54) is 18.2 Å². The number of furan rings is 1. The molecule has 4 rings (SSSR count). The lowest BCUT2D eigenvalue weighted by molar-refractivity contribution is -0.274. The van der Waals surface area contributed by atoms with Crippen LogP contribution in [0.3, 0.4) is 0 Å². The van der Waals surface area contributed by atoms with Gasteiger partial charge in [0.15, 0.2) is 0 Å². The van der Waals surface area contributed by atoms with Crippen molar-refractivity contribution in [2.75, 3.05) is 5.01 Å². The average molecular weight is 414 g/mol. The topological polar surface area (TPSA) is 71.8 Å². The maximum atomic E-state index is 12.6. The maximum absolute atomic E-state index is 12.6. The Balaban J connectivity index is 1.53. The Bertz CT molecular complexity index is 1120. The number of ether oxygens (including phenoxy) is 1. The van der Waals surface area contributed by atoms with Crippen molar-refractivity contribution in [1.82, 2.24) is 5.43 Å². The van der Waals surface area contributed by atoms with Gasteiger partial charge >= 0.3 is 6.36 Å². The Hall–Kier alpha value is -4.01. The van der Waals surface area contributed by atoms with E-state index in [4.69, 9.17) is 4.42 Å². The fourth-order valence-electron chi connectivity index (χ4n) is 2.86. The highest BCUT2D eigenvalue weighted by Crippen LogP contribution is 2.29. The largest absolute Gasteiger partial charge is 0.573 e. The van der Waals surface area contributed by atoms with Crippen LogP contribution in [-0.4, -0.2) is 18.2 Å². The van der Waals surface area contributed by atoms with Gasteiger partial charge in [-0.05, 0) is 54.6 Å². The van der Waals surface area contributed by atoms with Gasteiger partial charge < -0.3 is 9.15 Å². The number of nitrogens with zero attached hydrogens (tertiary/aromatic N) is 1. The van der Waals surface area contributed by atoms with Crippen molar-refractivity contribution in [3.63, 3.8) is 0 Å². The van der Waals surface area contributed by atoms with Gasteiger partial charge in [-0.3, -0.25) is 15.0 Å². The monoisotopic (exact) mass is 414 g/mol. The van der Waals surface area contributed by atoms with Crippen LogP contribution in [0.4, 0.5) is 18.9 Å². The van der Waals surface area contributed by atoms with Gasteiger partial charge in [-0.25, -0.2) is 5.01 Å². The maximum Gasteiger partial charge on any atom is 0.573 e. The van der Waals surface area contributed by atoms with Crippen molar-refractivity contribution in [3.8, 4) is 17.1 Å². The van der Waals surface area contributed by atoms with E-state index in [0.29, 0.717) is 17.0 Å². The van der Waals surface area contributed by atoms with Crippen LogP contribution < -0.4 is 15.2 Å². The summed E-state index contributed by atoms with van der Waals surface area (Å²) >= 11 is 0. The first-order valence-electron chi connectivity index (χ1n) is 8.68. The summed E-state index contributed by atoms with van der Waals surface area (Å²) in [6, 6.07) is 16.9. The van der Waals surface area contributed by atoms with Gasteiger partial charge in [0.1, 0.15) is 22.8 Å². The molecule has 6 nitrogen and oxygen atoms in total. The lowest BCUT2D eigenvalue weighted by Gasteiger charge is -2.13. The summed E-state index contributed by atoms with van der Waals surface area (Å²) in [5.41, 5.74) is 3.40. The smallest absolute Gasteiger partial charge is 0.457 e. The Labute approximate surface area is 168 Å². The molecular weight excluding hydrogens is 401 g/mol. The number of hydrazine groups is 1. The third kappa shape index (κ3) is 4.04. The van der Waals surface area contributed by atoms with E-state index in [9.17, 15) is 22.8 Å². The summed E-state index contributed by atoms with van der Waals surface area (Å²) in [5.74, 6) is -0.858. The van der Waals surface area contributed by atoms with Gasteiger partial charge in [0.05, 0.1) is 5.69 Å². The molecule has 0 radical (unpaired) electrons. The van der Waals surface area contributed by atoms with Crippen LogP contribution in [0.1, 0.15) is 5.76 Å². The molecule has 1 fully saturated rings. The second kappa shape index (κ2) is 7.43. The van der Waals surface area contributed by atoms with E-state index in [0.717, 1.165) is 17.1 Å². The molecule has 0 aliphatic carbocycles. The standard InChI is InChI=1S/C21H13F3N2O4/c22-21(23,24)30-15-8-6-13(7-9-15)18-11-10-16(29-18)12-17-19(27)25-26(20(17)28)14-4-2-1-3-5-14/h1-12H,(H,25,27). The Kier molecular flexibility index (Phi) is 4.78. The minimum atomic E-state index is -4.77. The van der Waals surface area contributed by atoms with Crippen LogP contribution in [0.2, 0.25) is 0 Å². The number of rotatable bonds is 4. The molecule has 1 aliphatic rings. The molecule has 2 heterocycles. The zero-order chi connectivity index (χ0) is 21.3. The van der Waals surface area contributed by atoms with E-state index >= 15 is 0 Å². The summed E-state index contributed by atoms with van der Waals surface area (Å²) in [5, 5.41) is 1.14. The number of nitrogens with one attached hydrogen (secondary N) is 1. The summed E-state index contributed by atoms with van der Waals surface area (Å²) in [7, 11) is 0. The predicted molar refractivity (Wildman–Crippen MR) is 101 cm³/mol. The summed E-state index contributed by atoms with van der Waals surface area (Å²) in [6.07, 6.45) is -3.46. The number of para-hydroxylation sites is 1. The van der Waals surface area contributed by atoms with E-state index in [-0.39, 0.29) is 17.1 Å². The third-order valence-electron chi connectivity index (χ3n) is 4.19. The van der Waals surface area contributed by atoms with Gasteiger partial charge in [-0.2, -0.15) is 0 Å². The number of anilines is 1. The number of alkyl halides is 3. The van der Waals surface area contributed by atoms with Gasteiger partial charge in [0.2, 0.25) is 0 Å². The van der Waals surface area contributed by atoms with Crippen molar-refractivity contribution in [2.24, 2.45) is 0 Å². The summed E-state index contributed by atoms with van der Waals surface area (Å²) in [4.78, 5) is 24.8. The quantitative estimate of drug-likeness (QED) is 0.510. The molecular formula is C21H13F3N2O4. The number of hydrogen-bond acceptors (Lipinski definition) is 4. The van der Waals surface area contributed by atoms with Crippen molar-refractivity contribution in [2.45, 2.75) is 6.36 Å². The fraction of sp³-hybridized carbons (Fsp3) is 0.0476. The number of carbonyl (C=O) groups excluding carboxylic acids is 2. The van der Waals surface area contributed by atoms with E-state index < -0.39 is 18.2 Å². The van der Waals surface area contributed by atoms with E-state index in [1.54, 1.807) is 42.5 Å². The van der Waals surface area contributed by atoms with Crippen molar-refractivity contribution in [1.29, 1.82) is 0 Å². The zero-order valence-corrected chi connectivity index (χ0v) is 15.1. The molecule has 1 saturated heterocycles. The first kappa shape index (κ1) is 19.3. The Morgan fingerprint density at radius 1 is 0.933 bits per heavy atom. The van der Waals surface area contributed by atoms with Crippen molar-refractivity contribution >= 4 is 23.6 Å². The number of benzene rings is 2. The first-order chi connectivity index (χ1) is 14.3. The molecule has 1 aliphatic heterocycles. The fourth-order valence-corrected chi connectivity index (χ4v) is 2.86. The second-order valence-corrected chi connectivity index (χ2v) is 6.25. The van der Waals surface area contributed by atoms with Gasteiger partial charge in [0, 0.05) is 5.56 Å². The molecule has 0 spiro atoms. The van der Waals surface area contributed by atoms with Crippen LogP contribution >= 0.6 is 0 Å². The molecule has 30 heavy (non-hydrogen) atoms. The predicted octanol–water partition coefficient (Wildman–Crippen LogP) is 4.31. The van der Waals surface area contributed by atoms with Crippen molar-refractivity contribution in [3.05, 3.63) is 78.1 Å². The number of carbonyl (C=O) groups is 2. The van der Waals surface area contributed by atoms with Crippen molar-refractivity contribution < 1.29 is 31.9 Å². The third-order valence-corrected chi connectivity index (χ3v) is 4.19. The van der Waals surface area contributed by atoms with Crippen LogP contribution in [0.5, 0.6) is 5.75 Å². The minimum absolute atomic E-state index is 0.103. The SMILES string of the molecule is O=C1NN(c2ccccc2)C(=O)C1=Cc1ccc(-c2ccc(OC(F)(F)F)cc2)o1. The van der Waals surface area contributed by atoms with Gasteiger partial charge in [-0.1, -0.05) is 18.2 Å². The van der Waals surface area contributed by atoms with Gasteiger partial charge in [-0.15, -0.1) is 13.2 Å². The highest BCUT2D eigenvalue weighted by atomic mass is 19.4. The summed E-state index contributed by atoms with van der Waals surface area (Å²) < 4.78 is 46.2. The Morgan fingerprint density at radius 2 is 1.63 bits per heavy atom. The molecule has 1 N–H and O–H groups in total. The second-order valence-electron chi connectivity index (χ2n) is 6.25. The van der Waals surface area contributed by atoms with Gasteiger partial charge in [0.25, 0.3) is 11.8 Å². The van der Waals surface area contributed by atoms with E-state index in [1.807, 2.05) is 0 Å². The minimum Gasteiger partial charge on any atom is -0.457 e. The lowest BCUT2D eigenvalue weighted by atomic mass is 10.2. The molecule has 9 heteroatoms. The molecule has 2 amide bonds. The molecule has 3 aromatic rings.